The summed E-state index contributed by atoms with van der Waals surface area (Å²) in [6.45, 7) is 2.19. The Bertz CT molecular complexity index is 68.8. The lowest BCUT2D eigenvalue weighted by Gasteiger charge is -2.03. The van der Waals surface area contributed by atoms with Crippen LogP contribution < -0.4 is 0 Å². The van der Waals surface area contributed by atoms with Gasteiger partial charge in [-0.3, -0.25) is 0 Å². The Hall–Kier alpha value is -0.0301. The van der Waals surface area contributed by atoms with Crippen LogP contribution in [-0.4, -0.2) is 35.7 Å². The first-order chi connectivity index (χ1) is 4.18. The smallest absolute Gasteiger partial charge is 0.429 e. The van der Waals surface area contributed by atoms with Gasteiger partial charge in [0.25, 0.3) is 0 Å². The predicted molar refractivity (Wildman–Crippen MR) is 34.4 cm³/mol. The van der Waals surface area contributed by atoms with Gasteiger partial charge in [-0.15, -0.1) is 0 Å². The van der Waals surface area contributed by atoms with Crippen LogP contribution >= 0.6 is 0 Å². The quantitative estimate of drug-likeness (QED) is 0.404. The largest absolute Gasteiger partial charge is 0.484 e. The fraction of sp³-hybridized carbons (Fsp3) is 1.00. The fourth-order valence-corrected chi connectivity index (χ4v) is 0.325. The number of rotatable bonds is 4. The Morgan fingerprint density at radius 1 is 1.33 bits per heavy atom. The molecule has 0 atom stereocenters. The Labute approximate surface area is 54.7 Å². The molecular formula is C3H10B2O4. The zero-order valence-corrected chi connectivity index (χ0v) is 5.32. The van der Waals surface area contributed by atoms with E-state index in [2.05, 4.69) is 4.65 Å². The van der Waals surface area contributed by atoms with Crippen molar-refractivity contribution in [2.75, 3.05) is 6.61 Å². The van der Waals surface area contributed by atoms with Crippen molar-refractivity contribution in [1.82, 2.24) is 0 Å². The number of hydrogen-bond acceptors (Lipinski definition) is 4. The molecule has 0 aromatic carbocycles. The summed E-state index contributed by atoms with van der Waals surface area (Å²) >= 11 is 0. The minimum atomic E-state index is -1.79. The summed E-state index contributed by atoms with van der Waals surface area (Å²) in [4.78, 5) is 0. The number of hydrogen-bond donors (Lipinski definition) is 3. The van der Waals surface area contributed by atoms with Crippen molar-refractivity contribution in [3.05, 3.63) is 0 Å². The van der Waals surface area contributed by atoms with E-state index in [0.29, 0.717) is 6.61 Å². The summed E-state index contributed by atoms with van der Waals surface area (Å²) in [5.41, 5.74) is 0. The van der Waals surface area contributed by atoms with Crippen molar-refractivity contribution in [2.24, 2.45) is 0 Å². The summed E-state index contributed by atoms with van der Waals surface area (Å²) < 4.78 is 4.51. The second-order valence-electron chi connectivity index (χ2n) is 1.67. The molecule has 0 fully saturated rings. The van der Waals surface area contributed by atoms with Crippen molar-refractivity contribution in [3.63, 3.8) is 0 Å². The van der Waals surface area contributed by atoms with E-state index < -0.39 is 14.0 Å². The van der Waals surface area contributed by atoms with E-state index in [1.54, 1.807) is 0 Å². The highest BCUT2D eigenvalue weighted by molar-refractivity contribution is 7.08. The molecule has 0 spiro atoms. The van der Waals surface area contributed by atoms with Gasteiger partial charge in [0.15, 0.2) is 0 Å². The molecule has 3 N–H and O–H groups in total. The summed E-state index contributed by atoms with van der Waals surface area (Å²) in [5.74, 6) is 0. The molecule has 6 heteroatoms. The van der Waals surface area contributed by atoms with Gasteiger partial charge in [-0.1, -0.05) is 6.92 Å². The third kappa shape index (κ3) is 4.47. The van der Waals surface area contributed by atoms with Crippen LogP contribution in [0.3, 0.4) is 0 Å². The molecule has 9 heavy (non-hydrogen) atoms. The van der Waals surface area contributed by atoms with E-state index in [1.807, 2.05) is 6.92 Å². The topological polar surface area (TPSA) is 69.9 Å². The van der Waals surface area contributed by atoms with Crippen molar-refractivity contribution >= 4 is 14.0 Å². The van der Waals surface area contributed by atoms with Crippen LogP contribution in [-0.2, 0) is 4.65 Å². The van der Waals surface area contributed by atoms with Crippen LogP contribution in [0.15, 0.2) is 0 Å². The maximum atomic E-state index is 8.54. The van der Waals surface area contributed by atoms with E-state index in [1.165, 1.54) is 0 Å². The first kappa shape index (κ1) is 8.97. The van der Waals surface area contributed by atoms with E-state index in [4.69, 9.17) is 15.1 Å². The van der Waals surface area contributed by atoms with Crippen LogP contribution in [0.1, 0.15) is 13.3 Å². The second-order valence-corrected chi connectivity index (χ2v) is 1.67. The Kier molecular flexibility index (Phi) is 4.80. The second kappa shape index (κ2) is 4.81. The molecule has 0 aromatic heterocycles. The summed E-state index contributed by atoms with van der Waals surface area (Å²) in [5, 5.41) is 25.0. The first-order valence-electron chi connectivity index (χ1n) is 2.84. The Morgan fingerprint density at radius 2 is 1.89 bits per heavy atom. The third-order valence-electron chi connectivity index (χ3n) is 0.748. The van der Waals surface area contributed by atoms with E-state index >= 15 is 0 Å². The molecule has 0 aliphatic heterocycles. The van der Waals surface area contributed by atoms with E-state index in [0.717, 1.165) is 6.42 Å². The molecule has 0 saturated carbocycles. The van der Waals surface area contributed by atoms with Gasteiger partial charge in [0.1, 0.15) is 0 Å². The SMILES string of the molecule is CCCOB(O)B(O)O. The van der Waals surface area contributed by atoms with E-state index in [-0.39, 0.29) is 0 Å². The molecule has 0 saturated heterocycles. The van der Waals surface area contributed by atoms with Crippen molar-refractivity contribution in [1.29, 1.82) is 0 Å². The molecule has 52 valence electrons. The Morgan fingerprint density at radius 3 is 2.22 bits per heavy atom. The van der Waals surface area contributed by atoms with Gasteiger partial charge in [0, 0.05) is 6.61 Å². The molecule has 0 unspecified atom stereocenters. The summed E-state index contributed by atoms with van der Waals surface area (Å²) in [7, 11) is -3.26. The molecule has 0 rings (SSSR count). The van der Waals surface area contributed by atoms with Gasteiger partial charge < -0.3 is 19.7 Å². The monoisotopic (exact) mass is 132 g/mol. The van der Waals surface area contributed by atoms with Crippen LogP contribution in [0.4, 0.5) is 0 Å². The van der Waals surface area contributed by atoms with Gasteiger partial charge in [0.2, 0.25) is 0 Å². The lowest BCUT2D eigenvalue weighted by Crippen LogP contribution is -2.38. The highest BCUT2D eigenvalue weighted by atomic mass is 16.5. The molecule has 0 aliphatic carbocycles. The van der Waals surface area contributed by atoms with Gasteiger partial charge in [-0.25, -0.2) is 0 Å². The summed E-state index contributed by atoms with van der Waals surface area (Å²) in [6, 6.07) is 0. The molecule has 0 radical (unpaired) electrons. The lowest BCUT2D eigenvalue weighted by atomic mass is 9.50. The van der Waals surface area contributed by atoms with Gasteiger partial charge in [0.05, 0.1) is 0 Å². The van der Waals surface area contributed by atoms with Crippen LogP contribution in [0.5, 0.6) is 0 Å². The maximum Gasteiger partial charge on any atom is 0.484 e. The molecule has 0 aliphatic rings. The van der Waals surface area contributed by atoms with Crippen molar-refractivity contribution in [2.45, 2.75) is 13.3 Å². The van der Waals surface area contributed by atoms with Crippen LogP contribution in [0.2, 0.25) is 0 Å². The minimum absolute atomic E-state index is 0.332. The van der Waals surface area contributed by atoms with Crippen LogP contribution in [0.25, 0.3) is 0 Å². The zero-order chi connectivity index (χ0) is 7.28. The first-order valence-corrected chi connectivity index (χ1v) is 2.84. The van der Waals surface area contributed by atoms with Crippen molar-refractivity contribution in [3.8, 4) is 0 Å². The van der Waals surface area contributed by atoms with E-state index in [9.17, 15) is 0 Å². The average molecular weight is 132 g/mol. The maximum absolute atomic E-state index is 8.54. The highest BCUT2D eigenvalue weighted by Gasteiger charge is 2.28. The third-order valence-corrected chi connectivity index (χ3v) is 0.748. The Balaban J connectivity index is 3.16. The van der Waals surface area contributed by atoms with Gasteiger partial charge in [-0.05, 0) is 6.42 Å². The standard InChI is InChI=1S/C3H10B2O4/c1-2-3-9-5(8)4(6)7/h6-8H,2-3H2,1H3. The molecule has 0 heterocycles. The zero-order valence-electron chi connectivity index (χ0n) is 5.32. The molecule has 4 nitrogen and oxygen atoms in total. The summed E-state index contributed by atoms with van der Waals surface area (Å²) in [6.07, 6.45) is 0.740. The minimum Gasteiger partial charge on any atom is -0.429 e. The molecular weight excluding hydrogens is 122 g/mol. The predicted octanol–water partition coefficient (Wildman–Crippen LogP) is -1.56. The molecule has 0 bridgehead atoms. The van der Waals surface area contributed by atoms with Gasteiger partial charge in [-0.2, -0.15) is 0 Å². The fourth-order valence-electron chi connectivity index (χ4n) is 0.325. The lowest BCUT2D eigenvalue weighted by molar-refractivity contribution is 0.259. The van der Waals surface area contributed by atoms with Crippen LogP contribution in [0, 0.1) is 0 Å². The normalized spacial score (nSPS) is 9.33. The average Bonchev–Trinajstić information content (AvgIpc) is 1.82. The van der Waals surface area contributed by atoms with Crippen molar-refractivity contribution < 1.29 is 19.7 Å². The van der Waals surface area contributed by atoms with Gasteiger partial charge >= 0.3 is 14.0 Å². The molecule has 0 aromatic rings. The highest BCUT2D eigenvalue weighted by Crippen LogP contribution is 1.84. The molecule has 0 amide bonds.